The molecule has 0 radical (unpaired) electrons. The fraction of sp³-hybridized carbons (Fsp3) is 0.167. The van der Waals surface area contributed by atoms with Crippen molar-refractivity contribution in [3.63, 3.8) is 0 Å². The van der Waals surface area contributed by atoms with Gasteiger partial charge in [-0.2, -0.15) is 13.0 Å². The Hall–Kier alpha value is -1.77. The number of phenolic OH excluding ortho intramolecular Hbond substituents is 2. The molecule has 0 aliphatic carbocycles. The zero-order valence-electron chi connectivity index (χ0n) is 13.3. The van der Waals surface area contributed by atoms with E-state index >= 15 is 0 Å². The first-order valence-corrected chi connectivity index (χ1v) is 7.00. The molecule has 3 N–H and O–H groups in total. The Morgan fingerprint density at radius 1 is 1.21 bits per heavy atom. The normalized spacial score (nSPS) is 11.0. The summed E-state index contributed by atoms with van der Waals surface area (Å²) in [6.45, 7) is 5.97. The molecule has 0 saturated heterocycles. The van der Waals surface area contributed by atoms with E-state index < -0.39 is 0 Å². The number of ether oxygens (including phenoxy) is 1. The van der Waals surface area contributed by atoms with Crippen LogP contribution in [0.15, 0.2) is 42.5 Å². The van der Waals surface area contributed by atoms with Gasteiger partial charge >= 0.3 is 0 Å². The van der Waals surface area contributed by atoms with E-state index in [0.717, 1.165) is 24.2 Å². The molecule has 2 aromatic carbocycles. The third-order valence-electron chi connectivity index (χ3n) is 3.05. The van der Waals surface area contributed by atoms with Crippen molar-refractivity contribution in [3.05, 3.63) is 67.1 Å². The number of hydrogen-bond donors (Lipinski definition) is 3. The van der Waals surface area contributed by atoms with Crippen molar-refractivity contribution in [2.24, 2.45) is 0 Å². The van der Waals surface area contributed by atoms with Gasteiger partial charge in [0.25, 0.3) is 0 Å². The van der Waals surface area contributed by atoms with Gasteiger partial charge in [0.05, 0.1) is 5.75 Å². The smallest absolute Gasteiger partial charge is 0.119 e. The average molecular weight is 428 g/mol. The monoisotopic (exact) mass is 429 g/mol. The van der Waals surface area contributed by atoms with Crippen LogP contribution in [-0.2, 0) is 44.9 Å². The molecule has 0 amide bonds. The van der Waals surface area contributed by atoms with Crippen LogP contribution in [0, 0.1) is 13.5 Å². The first-order valence-electron chi connectivity index (χ1n) is 7.00. The third-order valence-corrected chi connectivity index (χ3v) is 3.05. The minimum Gasteiger partial charge on any atom is -0.665 e. The van der Waals surface area contributed by atoms with Crippen molar-refractivity contribution >= 4 is 6.47 Å². The Morgan fingerprint density at radius 2 is 1.88 bits per heavy atom. The maximum atomic E-state index is 9.09. The first kappa shape index (κ1) is 22.2. The van der Waals surface area contributed by atoms with E-state index in [1.807, 2.05) is 24.8 Å². The van der Waals surface area contributed by atoms with E-state index in [2.05, 4.69) is 13.0 Å². The van der Waals surface area contributed by atoms with Gasteiger partial charge in [-0.15, -0.1) is 6.42 Å². The van der Waals surface area contributed by atoms with Gasteiger partial charge in [0.2, 0.25) is 0 Å². The molecule has 0 unspecified atom stereocenters. The van der Waals surface area contributed by atoms with Crippen molar-refractivity contribution < 1.29 is 52.1 Å². The molecule has 0 fully saturated rings. The van der Waals surface area contributed by atoms with E-state index in [9.17, 15) is 0 Å². The standard InChI is InChI=1S/C9H9O.C8H9O2.CHO2.Cd/c1-2-6-9-8(4-1)5-3-7-10-9;1-2-6-3-4-7(9)5-8(6)10;2-1-3;/h1-2,4,6-7H,3,5H2;3-5,9-10H,1-2H2;(H,2,3);/q3*-1;. The second kappa shape index (κ2) is 12.6. The summed E-state index contributed by atoms with van der Waals surface area (Å²) in [5.74, 6) is 1.21. The third kappa shape index (κ3) is 7.67. The Kier molecular flexibility index (Phi) is 11.7. The fourth-order valence-corrected chi connectivity index (χ4v) is 1.95. The molecule has 0 bridgehead atoms. The van der Waals surface area contributed by atoms with Crippen LogP contribution in [0.2, 0.25) is 0 Å². The van der Waals surface area contributed by atoms with Gasteiger partial charge < -0.3 is 31.8 Å². The molecule has 2 aromatic rings. The van der Waals surface area contributed by atoms with E-state index in [0.29, 0.717) is 12.9 Å². The predicted octanol–water partition coefficient (Wildman–Crippen LogP) is 3.26. The van der Waals surface area contributed by atoms with Gasteiger partial charge in [-0.1, -0.05) is 30.7 Å². The van der Waals surface area contributed by atoms with Gasteiger partial charge in [-0.05, 0) is 29.7 Å². The number of aliphatic hydroxyl groups excluding tert-OH is 1. The molecule has 0 spiro atoms. The van der Waals surface area contributed by atoms with Crippen LogP contribution in [0.5, 0.6) is 17.2 Å². The molecule has 1 aliphatic rings. The molecule has 1 heterocycles. The summed E-state index contributed by atoms with van der Waals surface area (Å²) in [4.78, 5) is 8.24. The molecule has 5 nitrogen and oxygen atoms in total. The van der Waals surface area contributed by atoms with Crippen LogP contribution in [0.3, 0.4) is 0 Å². The fourth-order valence-electron chi connectivity index (χ4n) is 1.95. The molecule has 24 heavy (non-hydrogen) atoms. The summed E-state index contributed by atoms with van der Waals surface area (Å²) >= 11 is 0. The van der Waals surface area contributed by atoms with Gasteiger partial charge in [0, 0.05) is 33.4 Å². The van der Waals surface area contributed by atoms with E-state index in [4.69, 9.17) is 24.9 Å². The zero-order chi connectivity index (χ0) is 17.1. The summed E-state index contributed by atoms with van der Waals surface area (Å²) in [5.41, 5.74) is 2.07. The number of phenols is 2. The number of aryl methyl sites for hydroxylation is 1. The Balaban J connectivity index is 0.000000367. The average Bonchev–Trinajstić information content (AvgIpc) is 2.56. The maximum absolute atomic E-state index is 9.09. The Bertz CT molecular complexity index is 591. The summed E-state index contributed by atoms with van der Waals surface area (Å²) in [6.07, 6.45) is 2.69. The summed E-state index contributed by atoms with van der Waals surface area (Å²) in [5, 5.41) is 24.7. The second-order valence-electron chi connectivity index (χ2n) is 4.59. The molecule has 0 atom stereocenters. The minimum absolute atomic E-state index is 0. The molecule has 6 heteroatoms. The van der Waals surface area contributed by atoms with Crippen LogP contribution < -0.4 is 4.74 Å². The van der Waals surface area contributed by atoms with E-state index in [1.54, 1.807) is 6.07 Å². The number of para-hydroxylation sites is 1. The molecule has 1 aliphatic heterocycles. The minimum atomic E-state index is 0. The Morgan fingerprint density at radius 3 is 2.46 bits per heavy atom. The second-order valence-corrected chi connectivity index (χ2v) is 4.59. The molecule has 126 valence electrons. The van der Waals surface area contributed by atoms with Crippen molar-refractivity contribution in [2.45, 2.75) is 19.3 Å². The largest absolute Gasteiger partial charge is 0.665 e. The van der Waals surface area contributed by atoms with Crippen molar-refractivity contribution in [3.8, 4) is 17.2 Å². The molecular formula is C18H19CdO5-3. The number of benzene rings is 2. The molecular weight excluding hydrogens is 409 g/mol. The van der Waals surface area contributed by atoms with Crippen molar-refractivity contribution in [1.82, 2.24) is 0 Å². The maximum Gasteiger partial charge on any atom is 0.119 e. The van der Waals surface area contributed by atoms with E-state index in [1.165, 1.54) is 17.7 Å². The van der Waals surface area contributed by atoms with Crippen LogP contribution in [0.1, 0.15) is 17.5 Å². The summed E-state index contributed by atoms with van der Waals surface area (Å²) in [6, 6.07) is 12.7. The molecule has 3 rings (SSSR count). The quantitative estimate of drug-likeness (QED) is 0.480. The zero-order valence-corrected chi connectivity index (χ0v) is 17.3. The van der Waals surface area contributed by atoms with Crippen LogP contribution in [-0.4, -0.2) is 21.8 Å². The van der Waals surface area contributed by atoms with Gasteiger partial charge in [0.15, 0.2) is 0 Å². The van der Waals surface area contributed by atoms with E-state index in [-0.39, 0.29) is 38.8 Å². The summed E-state index contributed by atoms with van der Waals surface area (Å²) < 4.78 is 5.30. The molecule has 0 saturated carbocycles. The number of rotatable bonds is 1. The number of hydrogen-bond acceptors (Lipinski definition) is 4. The van der Waals surface area contributed by atoms with Crippen LogP contribution in [0.4, 0.5) is 0 Å². The topological polar surface area (TPSA) is 87.0 Å². The van der Waals surface area contributed by atoms with Crippen molar-refractivity contribution in [1.29, 1.82) is 0 Å². The van der Waals surface area contributed by atoms with Crippen LogP contribution in [0.25, 0.3) is 0 Å². The summed E-state index contributed by atoms with van der Waals surface area (Å²) in [7, 11) is 0. The van der Waals surface area contributed by atoms with Gasteiger partial charge in [-0.25, -0.2) is 0 Å². The predicted molar refractivity (Wildman–Crippen MR) is 86.8 cm³/mol. The number of aromatic hydroxyl groups is 2. The van der Waals surface area contributed by atoms with Crippen LogP contribution >= 0.6 is 0 Å². The molecule has 0 aromatic heterocycles. The Labute approximate surface area is 162 Å². The van der Waals surface area contributed by atoms with Gasteiger partial charge in [-0.3, -0.25) is 0 Å². The van der Waals surface area contributed by atoms with Gasteiger partial charge in [0.1, 0.15) is 11.5 Å². The first-order chi connectivity index (χ1) is 11.1. The van der Waals surface area contributed by atoms with Crippen molar-refractivity contribution in [2.75, 3.05) is 0 Å². The number of fused-ring (bicyclic) bond motifs is 1. The SMILES string of the molecule is O=[C-]O.[CH2-]Cc1ccc(O)cc1O.[Cd].c1ccc2c(c1)CC[CH-]O2.